The number of aliphatic hydroxyl groups is 1. The Hall–Kier alpha value is -1.02. The van der Waals surface area contributed by atoms with Crippen LogP contribution in [0.5, 0.6) is 5.75 Å². The average Bonchev–Trinajstić information content (AvgIpc) is 2.42. The second-order valence-electron chi connectivity index (χ2n) is 5.22. The third-order valence-corrected chi connectivity index (χ3v) is 3.36. The quantitative estimate of drug-likeness (QED) is 0.611. The molecule has 1 N–H and O–H groups in total. The highest BCUT2D eigenvalue weighted by Gasteiger charge is 2.02. The van der Waals surface area contributed by atoms with Crippen molar-refractivity contribution in [3.8, 4) is 5.75 Å². The van der Waals surface area contributed by atoms with Gasteiger partial charge in [0.2, 0.25) is 0 Å². The first-order chi connectivity index (χ1) is 9.24. The van der Waals surface area contributed by atoms with E-state index in [4.69, 9.17) is 4.74 Å². The predicted molar refractivity (Wildman–Crippen MR) is 80.6 cm³/mol. The summed E-state index contributed by atoms with van der Waals surface area (Å²) in [4.78, 5) is 0. The van der Waals surface area contributed by atoms with Crippen molar-refractivity contribution in [1.29, 1.82) is 0 Å². The number of ether oxygens (including phenoxy) is 1. The zero-order valence-corrected chi connectivity index (χ0v) is 12.4. The van der Waals surface area contributed by atoms with Crippen LogP contribution in [0.3, 0.4) is 0 Å². The largest absolute Gasteiger partial charge is 0.494 e. The Morgan fingerprint density at radius 1 is 1.05 bits per heavy atom. The average molecular weight is 264 g/mol. The van der Waals surface area contributed by atoms with Gasteiger partial charge in [0.15, 0.2) is 0 Å². The van der Waals surface area contributed by atoms with Crippen molar-refractivity contribution >= 4 is 0 Å². The number of hydrogen-bond acceptors (Lipinski definition) is 2. The Balaban J connectivity index is 2.10. The number of benzene rings is 1. The smallest absolute Gasteiger partial charge is 0.119 e. The molecule has 0 heterocycles. The molecule has 0 saturated carbocycles. The zero-order valence-electron chi connectivity index (χ0n) is 12.4. The number of aliphatic hydroxyl groups excluding tert-OH is 1. The van der Waals surface area contributed by atoms with Gasteiger partial charge in [0.25, 0.3) is 0 Å². The first kappa shape index (κ1) is 16.0. The van der Waals surface area contributed by atoms with Crippen LogP contribution in [0.25, 0.3) is 0 Å². The molecule has 2 nitrogen and oxygen atoms in total. The molecule has 0 amide bonds. The second kappa shape index (κ2) is 9.85. The lowest BCUT2D eigenvalue weighted by Gasteiger charge is -2.09. The first-order valence-corrected chi connectivity index (χ1v) is 7.65. The van der Waals surface area contributed by atoms with Gasteiger partial charge in [0.1, 0.15) is 5.75 Å². The maximum atomic E-state index is 9.50. The summed E-state index contributed by atoms with van der Waals surface area (Å²) < 4.78 is 5.71. The molecule has 1 aromatic rings. The molecular formula is C17H28O2. The van der Waals surface area contributed by atoms with Crippen molar-refractivity contribution in [1.82, 2.24) is 0 Å². The summed E-state index contributed by atoms with van der Waals surface area (Å²) in [5, 5.41) is 9.50. The van der Waals surface area contributed by atoms with Crippen LogP contribution >= 0.6 is 0 Å². The van der Waals surface area contributed by atoms with Gasteiger partial charge < -0.3 is 9.84 Å². The lowest BCUT2D eigenvalue weighted by Crippen LogP contribution is -1.98. The Kier molecular flexibility index (Phi) is 8.31. The highest BCUT2D eigenvalue weighted by Crippen LogP contribution is 2.19. The number of rotatable bonds is 10. The fraction of sp³-hybridized carbons (Fsp3) is 0.647. The van der Waals surface area contributed by atoms with Gasteiger partial charge in [-0.05, 0) is 31.0 Å². The summed E-state index contributed by atoms with van der Waals surface area (Å²) in [6, 6.07) is 7.73. The van der Waals surface area contributed by atoms with E-state index in [0.717, 1.165) is 24.3 Å². The van der Waals surface area contributed by atoms with Crippen LogP contribution in [0.4, 0.5) is 0 Å². The van der Waals surface area contributed by atoms with Gasteiger partial charge in [-0.3, -0.25) is 0 Å². The summed E-state index contributed by atoms with van der Waals surface area (Å²) in [7, 11) is 0. The summed E-state index contributed by atoms with van der Waals surface area (Å²) in [6.07, 6.45) is 8.65. The molecular weight excluding hydrogens is 236 g/mol. The SMILES string of the molecule is CCCCCCCCCOc1cccc(C(C)O)c1. The first-order valence-electron chi connectivity index (χ1n) is 7.65. The fourth-order valence-corrected chi connectivity index (χ4v) is 2.11. The minimum atomic E-state index is -0.429. The van der Waals surface area contributed by atoms with Gasteiger partial charge in [-0.2, -0.15) is 0 Å². The highest BCUT2D eigenvalue weighted by molar-refractivity contribution is 5.29. The Morgan fingerprint density at radius 3 is 2.42 bits per heavy atom. The van der Waals surface area contributed by atoms with Crippen LogP contribution < -0.4 is 4.74 Å². The summed E-state index contributed by atoms with van der Waals surface area (Å²) in [5.74, 6) is 0.865. The van der Waals surface area contributed by atoms with Gasteiger partial charge in [0.05, 0.1) is 12.7 Å². The molecule has 0 fully saturated rings. The van der Waals surface area contributed by atoms with E-state index in [1.54, 1.807) is 6.92 Å². The van der Waals surface area contributed by atoms with Crippen molar-refractivity contribution in [3.63, 3.8) is 0 Å². The molecule has 0 aliphatic carbocycles. The van der Waals surface area contributed by atoms with E-state index < -0.39 is 6.10 Å². The van der Waals surface area contributed by atoms with Crippen LogP contribution in [0.15, 0.2) is 24.3 Å². The zero-order chi connectivity index (χ0) is 13.9. The molecule has 0 radical (unpaired) electrons. The molecule has 1 rings (SSSR count). The molecule has 0 aliphatic rings. The molecule has 0 aliphatic heterocycles. The predicted octanol–water partition coefficient (Wildman–Crippen LogP) is 4.87. The second-order valence-corrected chi connectivity index (χ2v) is 5.22. The summed E-state index contributed by atoms with van der Waals surface area (Å²) in [6.45, 7) is 4.79. The molecule has 19 heavy (non-hydrogen) atoms. The molecule has 108 valence electrons. The molecule has 0 spiro atoms. The third-order valence-electron chi connectivity index (χ3n) is 3.36. The van der Waals surface area contributed by atoms with E-state index in [0.29, 0.717) is 0 Å². The monoisotopic (exact) mass is 264 g/mol. The topological polar surface area (TPSA) is 29.5 Å². The van der Waals surface area contributed by atoms with E-state index in [9.17, 15) is 5.11 Å². The van der Waals surface area contributed by atoms with Gasteiger partial charge in [-0.15, -0.1) is 0 Å². The standard InChI is InChI=1S/C17H28O2/c1-3-4-5-6-7-8-9-13-19-17-12-10-11-16(14-17)15(2)18/h10-12,14-15,18H,3-9,13H2,1-2H3. The molecule has 2 heteroatoms. The lowest BCUT2D eigenvalue weighted by molar-refractivity contribution is 0.198. The maximum absolute atomic E-state index is 9.50. The maximum Gasteiger partial charge on any atom is 0.119 e. The highest BCUT2D eigenvalue weighted by atomic mass is 16.5. The minimum Gasteiger partial charge on any atom is -0.494 e. The molecule has 0 saturated heterocycles. The van der Waals surface area contributed by atoms with E-state index in [1.165, 1.54) is 38.5 Å². The van der Waals surface area contributed by atoms with E-state index in [2.05, 4.69) is 6.92 Å². The molecule has 1 unspecified atom stereocenters. The van der Waals surface area contributed by atoms with E-state index in [1.807, 2.05) is 24.3 Å². The lowest BCUT2D eigenvalue weighted by atomic mass is 10.1. The minimum absolute atomic E-state index is 0.429. The van der Waals surface area contributed by atoms with Gasteiger partial charge in [-0.1, -0.05) is 57.6 Å². The van der Waals surface area contributed by atoms with Crippen LogP contribution in [0.1, 0.15) is 70.5 Å². The van der Waals surface area contributed by atoms with Gasteiger partial charge in [0, 0.05) is 0 Å². The van der Waals surface area contributed by atoms with Crippen LogP contribution in [-0.4, -0.2) is 11.7 Å². The van der Waals surface area contributed by atoms with Crippen molar-refractivity contribution in [2.24, 2.45) is 0 Å². The molecule has 0 aromatic heterocycles. The van der Waals surface area contributed by atoms with Crippen molar-refractivity contribution < 1.29 is 9.84 Å². The van der Waals surface area contributed by atoms with E-state index >= 15 is 0 Å². The normalized spacial score (nSPS) is 12.4. The Labute approximate surface area is 117 Å². The third kappa shape index (κ3) is 7.22. The van der Waals surface area contributed by atoms with Crippen LogP contribution in [0.2, 0.25) is 0 Å². The number of hydrogen-bond donors (Lipinski definition) is 1. The van der Waals surface area contributed by atoms with Crippen LogP contribution in [-0.2, 0) is 0 Å². The molecule has 1 atom stereocenters. The summed E-state index contributed by atoms with van der Waals surface area (Å²) in [5.41, 5.74) is 0.914. The van der Waals surface area contributed by atoms with E-state index in [-0.39, 0.29) is 0 Å². The Bertz CT molecular complexity index is 334. The Morgan fingerprint density at radius 2 is 1.74 bits per heavy atom. The number of unbranched alkanes of at least 4 members (excludes halogenated alkanes) is 6. The summed E-state index contributed by atoms with van der Waals surface area (Å²) >= 11 is 0. The van der Waals surface area contributed by atoms with Crippen molar-refractivity contribution in [2.45, 2.75) is 64.9 Å². The fourth-order valence-electron chi connectivity index (χ4n) is 2.11. The molecule has 0 bridgehead atoms. The van der Waals surface area contributed by atoms with Crippen molar-refractivity contribution in [3.05, 3.63) is 29.8 Å². The van der Waals surface area contributed by atoms with Crippen molar-refractivity contribution in [2.75, 3.05) is 6.61 Å². The molecule has 1 aromatic carbocycles. The van der Waals surface area contributed by atoms with Gasteiger partial charge >= 0.3 is 0 Å². The van der Waals surface area contributed by atoms with Crippen LogP contribution in [0, 0.1) is 0 Å². The van der Waals surface area contributed by atoms with Gasteiger partial charge in [-0.25, -0.2) is 0 Å².